The minimum Gasteiger partial charge on any atom is -0.309 e. The van der Waals surface area contributed by atoms with Gasteiger partial charge in [0.2, 0.25) is 0 Å². The molecule has 0 amide bonds. The van der Waals surface area contributed by atoms with Crippen LogP contribution in [0, 0.1) is 0 Å². The van der Waals surface area contributed by atoms with Crippen molar-refractivity contribution in [1.82, 2.24) is 22.2 Å². The van der Waals surface area contributed by atoms with Gasteiger partial charge in [-0.2, -0.15) is 0 Å². The van der Waals surface area contributed by atoms with Crippen LogP contribution in [0.25, 0.3) is 234 Å². The molecule has 0 aliphatic carbocycles. The van der Waals surface area contributed by atoms with E-state index in [-0.39, 0.29) is 10.8 Å². The summed E-state index contributed by atoms with van der Waals surface area (Å²) in [6.07, 6.45) is 0.791. The summed E-state index contributed by atoms with van der Waals surface area (Å²) in [6, 6.07) is 133. The molecular formula is C114H74N6. The van der Waals surface area contributed by atoms with Gasteiger partial charge in [0.25, 0.3) is 0 Å². The fourth-order valence-electron chi connectivity index (χ4n) is 22.8. The summed E-state index contributed by atoms with van der Waals surface area (Å²) in [5.41, 5.74) is 27.8. The zero-order valence-electron chi connectivity index (χ0n) is 66.8. The topological polar surface area (TPSA) is 25.8 Å². The van der Waals surface area contributed by atoms with E-state index in [9.17, 15) is 0 Å². The van der Waals surface area contributed by atoms with Crippen LogP contribution < -0.4 is 4.90 Å². The van der Waals surface area contributed by atoms with Crippen LogP contribution in [0.2, 0.25) is 0 Å². The van der Waals surface area contributed by atoms with E-state index in [0.717, 1.165) is 29.2 Å². The van der Waals surface area contributed by atoms with Crippen LogP contribution in [-0.2, 0) is 17.3 Å². The lowest BCUT2D eigenvalue weighted by Gasteiger charge is -2.28. The Kier molecular flexibility index (Phi) is 12.4. The predicted octanol–water partition coefficient (Wildman–Crippen LogP) is 31.0. The van der Waals surface area contributed by atoms with Crippen molar-refractivity contribution < 1.29 is 0 Å². The number of hydrogen-bond acceptors (Lipinski definition) is 1. The summed E-state index contributed by atoms with van der Waals surface area (Å²) in [7, 11) is 0. The average molecular weight is 1530 g/mol. The zero-order valence-corrected chi connectivity index (χ0v) is 66.8. The van der Waals surface area contributed by atoms with Crippen molar-refractivity contribution in [3.05, 3.63) is 362 Å². The lowest BCUT2D eigenvalue weighted by atomic mass is 9.78. The fourth-order valence-corrected chi connectivity index (χ4v) is 22.8. The highest BCUT2D eigenvalue weighted by atomic mass is 15.2. The molecule has 0 fully saturated rings. The molecule has 28 rings (SSSR count). The van der Waals surface area contributed by atoms with Crippen LogP contribution in [0.1, 0.15) is 51.3 Å². The molecule has 0 radical (unpaired) electrons. The van der Waals surface area contributed by atoms with E-state index in [1.165, 1.54) is 245 Å². The third kappa shape index (κ3) is 8.37. The van der Waals surface area contributed by atoms with Crippen LogP contribution in [-0.4, -0.2) is 22.2 Å². The van der Waals surface area contributed by atoms with Crippen molar-refractivity contribution in [2.24, 2.45) is 0 Å². The number of benzene rings is 19. The van der Waals surface area contributed by atoms with Crippen LogP contribution in [0.4, 0.5) is 17.1 Å². The number of para-hydroxylation sites is 5. The Morgan fingerprint density at radius 1 is 0.233 bits per heavy atom. The molecular weight excluding hydrogens is 1450 g/mol. The molecule has 0 unspecified atom stereocenters. The molecule has 0 saturated carbocycles. The number of fused-ring (bicyclic) bond motifs is 33. The Morgan fingerprint density at radius 3 is 1.17 bits per heavy atom. The Labute approximate surface area is 687 Å². The summed E-state index contributed by atoms with van der Waals surface area (Å²) in [6.45, 7) is 12.1. The first-order valence-electron chi connectivity index (χ1n) is 42.3. The second-order valence-corrected chi connectivity index (χ2v) is 36.0. The maximum atomic E-state index is 2.68. The molecule has 0 spiro atoms. The third-order valence-electron chi connectivity index (χ3n) is 28.1. The molecule has 9 aromatic heterocycles. The van der Waals surface area contributed by atoms with Crippen LogP contribution in [0.15, 0.2) is 346 Å². The zero-order chi connectivity index (χ0) is 78.8. The van der Waals surface area contributed by atoms with E-state index in [1.54, 1.807) is 0 Å². The minimum absolute atomic E-state index is 0.0928. The van der Waals surface area contributed by atoms with Crippen LogP contribution in [0.3, 0.4) is 0 Å². The van der Waals surface area contributed by atoms with Crippen molar-refractivity contribution in [3.8, 4) is 16.8 Å². The molecule has 0 aliphatic heterocycles. The largest absolute Gasteiger partial charge is 0.309 e. The third-order valence-corrected chi connectivity index (χ3v) is 28.1. The fraction of sp³-hybridized carbons (Fsp3) is 0.0702. The van der Waals surface area contributed by atoms with E-state index in [1.807, 2.05) is 0 Å². The molecule has 0 N–H and O–H groups in total. The van der Waals surface area contributed by atoms with Crippen molar-refractivity contribution in [2.75, 3.05) is 4.90 Å². The molecule has 560 valence electrons. The van der Waals surface area contributed by atoms with Gasteiger partial charge in [-0.3, -0.25) is 0 Å². The molecule has 19 aromatic carbocycles. The molecule has 120 heavy (non-hydrogen) atoms. The smallest absolute Gasteiger partial charge is 0.0789 e. The average Bonchev–Trinajstić information content (AvgIpc) is 1.51. The molecule has 6 nitrogen and oxygen atoms in total. The Balaban J connectivity index is 0.678. The summed E-state index contributed by atoms with van der Waals surface area (Å²) in [5.74, 6) is 0. The van der Waals surface area contributed by atoms with E-state index in [2.05, 4.69) is 407 Å². The van der Waals surface area contributed by atoms with Crippen molar-refractivity contribution in [3.63, 3.8) is 0 Å². The molecule has 6 heteroatoms. The first-order valence-corrected chi connectivity index (χ1v) is 42.3. The van der Waals surface area contributed by atoms with Gasteiger partial charge in [0.1, 0.15) is 0 Å². The summed E-state index contributed by atoms with van der Waals surface area (Å²) in [4.78, 5) is 2.52. The first-order chi connectivity index (χ1) is 58.9. The lowest BCUT2D eigenvalue weighted by Crippen LogP contribution is -2.20. The number of aromatic nitrogens is 5. The van der Waals surface area contributed by atoms with E-state index in [0.29, 0.717) is 0 Å². The van der Waals surface area contributed by atoms with Gasteiger partial charge in [-0.1, -0.05) is 259 Å². The monoisotopic (exact) mass is 1530 g/mol. The highest BCUT2D eigenvalue weighted by Crippen LogP contribution is 2.55. The van der Waals surface area contributed by atoms with E-state index < -0.39 is 0 Å². The highest BCUT2D eigenvalue weighted by molar-refractivity contribution is 6.36. The van der Waals surface area contributed by atoms with Crippen LogP contribution >= 0.6 is 0 Å². The van der Waals surface area contributed by atoms with Gasteiger partial charge in [0, 0.05) is 136 Å². The molecule has 9 heterocycles. The molecule has 0 bridgehead atoms. The Bertz CT molecular complexity index is 9350. The second kappa shape index (κ2) is 22.8. The van der Waals surface area contributed by atoms with E-state index >= 15 is 0 Å². The maximum absolute atomic E-state index is 2.68. The first kappa shape index (κ1) is 65.2. The lowest BCUT2D eigenvalue weighted by molar-refractivity contribution is 0.524. The van der Waals surface area contributed by atoms with Gasteiger partial charge in [-0.15, -0.1) is 0 Å². The summed E-state index contributed by atoms with van der Waals surface area (Å²) in [5, 5.41) is 32.8. The maximum Gasteiger partial charge on any atom is 0.0789 e. The molecule has 0 aliphatic rings. The van der Waals surface area contributed by atoms with Crippen molar-refractivity contribution >= 4 is 234 Å². The number of hydrogen-bond donors (Lipinski definition) is 0. The highest BCUT2D eigenvalue weighted by Gasteiger charge is 2.34. The van der Waals surface area contributed by atoms with Crippen molar-refractivity contribution in [1.29, 1.82) is 0 Å². The standard InChI is InChI=1S/C114H74N6/c1-113(2,3)70-55-93-84-48-45-66-26-16-21-37-77(66)105(84)118-101-61-90-95-57-71(58-96-92-53-68-28-18-22-38-78(68)111(115(72-29-9-6-10-30-72)73-31-11-7-12-32-73)112(92)120(109(95)96)102(90)62-89(101)94(56-70)108(93)118)114(4,5)63-64-43-49-97-85(51-64)86-54-69(46-50-98(86)116(97)74-33-13-8-14-34-74)103-75-35-19-17-27-67(75)52-91-82-42-24-41-81-88-59-99-87(60-100(88)119(107(81)82)110(91)103)80-40-23-39-79-83-47-44-65-25-15-20-36-76(65)104(83)117(99)106(79)80/h6-62H,63H2,1-5H3. The van der Waals surface area contributed by atoms with Gasteiger partial charge in [0.05, 0.1) is 82.9 Å². The molecule has 0 atom stereocenters. The number of anilines is 3. The van der Waals surface area contributed by atoms with Gasteiger partial charge >= 0.3 is 0 Å². The van der Waals surface area contributed by atoms with E-state index in [4.69, 9.17) is 0 Å². The second-order valence-electron chi connectivity index (χ2n) is 36.0. The van der Waals surface area contributed by atoms with Gasteiger partial charge in [-0.05, 0) is 188 Å². The SMILES string of the molecule is CC(C)(C)c1cc2c3cc4c(cc3n3c5c6ccccc6ccc5c(c1)c23)c1cc(C(C)(C)Cc2ccc3c(c2)c2cc(-c5c6ccccc6cc6c7cccc8c9cc%10c(cc9n(c56)c87)c5cccc6c7ccc8ccccc8c7n%10c56)ccc2n3-c2ccccc2)cc2c3cc5ccccc5c(N(c5ccccc5)c5ccccc5)c3n4c12. The van der Waals surface area contributed by atoms with Gasteiger partial charge in [-0.25, -0.2) is 0 Å². The predicted molar refractivity (Wildman–Crippen MR) is 511 cm³/mol. The van der Waals surface area contributed by atoms with Crippen LogP contribution in [0.5, 0.6) is 0 Å². The summed E-state index contributed by atoms with van der Waals surface area (Å²) >= 11 is 0. The Hall–Kier alpha value is -15.0. The number of rotatable bonds is 8. The quantitative estimate of drug-likeness (QED) is 0.149. The molecule has 28 aromatic rings. The van der Waals surface area contributed by atoms with Gasteiger partial charge < -0.3 is 27.1 Å². The Morgan fingerprint density at radius 2 is 0.600 bits per heavy atom. The number of nitrogens with zero attached hydrogens (tertiary/aromatic N) is 6. The van der Waals surface area contributed by atoms with Gasteiger partial charge in [0.15, 0.2) is 0 Å². The molecule has 0 saturated heterocycles. The summed E-state index contributed by atoms with van der Waals surface area (Å²) < 4.78 is 13.1. The minimum atomic E-state index is -0.377. The normalized spacial score (nSPS) is 13.1. The van der Waals surface area contributed by atoms with Crippen molar-refractivity contribution in [2.45, 2.75) is 51.9 Å².